The van der Waals surface area contributed by atoms with Crippen molar-refractivity contribution in [3.63, 3.8) is 0 Å². The quantitative estimate of drug-likeness (QED) is 0.926. The molecular weight excluding hydrogens is 283 g/mol. The Bertz CT molecular complexity index is 490. The first-order valence-corrected chi connectivity index (χ1v) is 6.93. The van der Waals surface area contributed by atoms with Crippen molar-refractivity contribution < 1.29 is 22.6 Å². The van der Waals surface area contributed by atoms with Gasteiger partial charge in [-0.1, -0.05) is 6.07 Å². The van der Waals surface area contributed by atoms with E-state index in [0.717, 1.165) is 18.1 Å². The van der Waals surface area contributed by atoms with Crippen molar-refractivity contribution in [1.82, 2.24) is 5.32 Å². The zero-order valence-corrected chi connectivity index (χ0v) is 12.3. The summed E-state index contributed by atoms with van der Waals surface area (Å²) in [7, 11) is 3.30. The summed E-state index contributed by atoms with van der Waals surface area (Å²) in [5, 5.41) is 3.07. The Hall–Kier alpha value is -1.27. The molecule has 0 spiro atoms. The van der Waals surface area contributed by atoms with Crippen LogP contribution in [-0.2, 0) is 11.2 Å². The Morgan fingerprint density at radius 2 is 2.05 bits per heavy atom. The summed E-state index contributed by atoms with van der Waals surface area (Å²) in [6, 6.07) is 5.42. The minimum absolute atomic E-state index is 0.270. The summed E-state index contributed by atoms with van der Waals surface area (Å²) in [5.74, 6) is 0.693. The standard InChI is InChI=1S/C15H20F3NO2/c1-9(15(16,17)18)21-13-7-5-10-4-6-11(20-3)8-12(10)14(13)19-2/h4,6,8-9,13-14,19H,5,7H2,1-3H3. The number of halogens is 3. The van der Waals surface area contributed by atoms with Crippen LogP contribution in [0.3, 0.4) is 0 Å². The van der Waals surface area contributed by atoms with Crippen LogP contribution in [0, 0.1) is 0 Å². The first-order valence-electron chi connectivity index (χ1n) is 6.93. The van der Waals surface area contributed by atoms with E-state index in [2.05, 4.69) is 5.32 Å². The number of benzene rings is 1. The number of fused-ring (bicyclic) bond motifs is 1. The minimum atomic E-state index is -4.34. The lowest BCUT2D eigenvalue weighted by Crippen LogP contribution is -2.41. The van der Waals surface area contributed by atoms with Crippen molar-refractivity contribution in [2.45, 2.75) is 44.2 Å². The van der Waals surface area contributed by atoms with E-state index in [0.29, 0.717) is 18.6 Å². The van der Waals surface area contributed by atoms with Gasteiger partial charge < -0.3 is 14.8 Å². The largest absolute Gasteiger partial charge is 0.497 e. The number of aryl methyl sites for hydroxylation is 1. The zero-order valence-electron chi connectivity index (χ0n) is 12.3. The van der Waals surface area contributed by atoms with Crippen molar-refractivity contribution in [3.8, 4) is 5.75 Å². The van der Waals surface area contributed by atoms with E-state index in [-0.39, 0.29) is 6.04 Å². The van der Waals surface area contributed by atoms with Gasteiger partial charge in [0.2, 0.25) is 0 Å². The fourth-order valence-corrected chi connectivity index (χ4v) is 2.71. The Balaban J connectivity index is 2.22. The molecule has 2 rings (SSSR count). The molecule has 6 heteroatoms. The Morgan fingerprint density at radius 1 is 1.33 bits per heavy atom. The van der Waals surface area contributed by atoms with Crippen molar-refractivity contribution in [3.05, 3.63) is 29.3 Å². The van der Waals surface area contributed by atoms with Crippen molar-refractivity contribution in [2.75, 3.05) is 14.2 Å². The molecule has 0 saturated heterocycles. The highest BCUT2D eigenvalue weighted by atomic mass is 19.4. The molecule has 3 unspecified atom stereocenters. The summed E-state index contributed by atoms with van der Waals surface area (Å²) in [4.78, 5) is 0. The number of methoxy groups -OCH3 is 1. The van der Waals surface area contributed by atoms with E-state index in [1.807, 2.05) is 18.2 Å². The number of ether oxygens (including phenoxy) is 2. The van der Waals surface area contributed by atoms with E-state index < -0.39 is 18.4 Å². The minimum Gasteiger partial charge on any atom is -0.497 e. The van der Waals surface area contributed by atoms with E-state index in [4.69, 9.17) is 9.47 Å². The zero-order chi connectivity index (χ0) is 15.6. The molecule has 0 bridgehead atoms. The van der Waals surface area contributed by atoms with Gasteiger partial charge in [0.1, 0.15) is 5.75 Å². The Labute approximate surface area is 122 Å². The number of likely N-dealkylation sites (N-methyl/N-ethyl adjacent to an activating group) is 1. The molecular formula is C15H20F3NO2. The third-order valence-corrected chi connectivity index (χ3v) is 3.91. The third kappa shape index (κ3) is 3.49. The van der Waals surface area contributed by atoms with Gasteiger partial charge in [-0.2, -0.15) is 13.2 Å². The highest BCUT2D eigenvalue weighted by Gasteiger charge is 2.41. The van der Waals surface area contributed by atoms with Crippen LogP contribution >= 0.6 is 0 Å². The Morgan fingerprint density at radius 3 is 2.62 bits per heavy atom. The normalized spacial score (nSPS) is 23.5. The molecule has 0 aliphatic heterocycles. The summed E-state index contributed by atoms with van der Waals surface area (Å²) in [5.41, 5.74) is 2.07. The molecule has 0 fully saturated rings. The predicted molar refractivity (Wildman–Crippen MR) is 73.5 cm³/mol. The first kappa shape index (κ1) is 16.1. The lowest BCUT2D eigenvalue weighted by Gasteiger charge is -2.35. The van der Waals surface area contributed by atoms with Crippen molar-refractivity contribution in [2.24, 2.45) is 0 Å². The summed E-state index contributed by atoms with van der Waals surface area (Å²) in [6.45, 7) is 1.05. The molecule has 0 saturated carbocycles. The fraction of sp³-hybridized carbons (Fsp3) is 0.600. The van der Waals surface area contributed by atoms with Gasteiger partial charge in [0.05, 0.1) is 19.3 Å². The maximum Gasteiger partial charge on any atom is 0.414 e. The van der Waals surface area contributed by atoms with Crippen LogP contribution in [0.4, 0.5) is 13.2 Å². The summed E-state index contributed by atoms with van der Waals surface area (Å²) < 4.78 is 48.5. The lowest BCUT2D eigenvalue weighted by atomic mass is 9.85. The van der Waals surface area contributed by atoms with Crippen LogP contribution in [-0.4, -0.2) is 32.5 Å². The molecule has 3 nitrogen and oxygen atoms in total. The maximum atomic E-state index is 12.7. The number of hydrogen-bond donors (Lipinski definition) is 1. The molecule has 1 aliphatic rings. The average molecular weight is 303 g/mol. The second kappa shape index (κ2) is 6.23. The molecule has 1 aromatic rings. The SMILES string of the molecule is CNC1c2cc(OC)ccc2CCC1OC(C)C(F)(F)F. The molecule has 118 valence electrons. The molecule has 0 aromatic heterocycles. The van der Waals surface area contributed by atoms with E-state index in [1.165, 1.54) is 0 Å². The molecule has 0 radical (unpaired) electrons. The summed E-state index contributed by atoms with van der Waals surface area (Å²) >= 11 is 0. The van der Waals surface area contributed by atoms with E-state index >= 15 is 0 Å². The molecule has 3 atom stereocenters. The highest BCUT2D eigenvalue weighted by molar-refractivity contribution is 5.40. The molecule has 0 amide bonds. The predicted octanol–water partition coefficient (Wildman–Crippen LogP) is 3.24. The van der Waals surface area contributed by atoms with E-state index in [1.54, 1.807) is 14.2 Å². The van der Waals surface area contributed by atoms with Crippen LogP contribution < -0.4 is 10.1 Å². The van der Waals surface area contributed by atoms with Gasteiger partial charge >= 0.3 is 6.18 Å². The van der Waals surface area contributed by atoms with Gasteiger partial charge in [-0.15, -0.1) is 0 Å². The van der Waals surface area contributed by atoms with Gasteiger partial charge in [0, 0.05) is 0 Å². The molecule has 1 aromatic carbocycles. The number of nitrogens with one attached hydrogen (secondary N) is 1. The highest BCUT2D eigenvalue weighted by Crippen LogP contribution is 2.36. The smallest absolute Gasteiger partial charge is 0.414 e. The number of hydrogen-bond acceptors (Lipinski definition) is 3. The second-order valence-electron chi connectivity index (χ2n) is 5.23. The molecule has 1 N–H and O–H groups in total. The topological polar surface area (TPSA) is 30.5 Å². The molecule has 0 heterocycles. The monoisotopic (exact) mass is 303 g/mol. The van der Waals surface area contributed by atoms with Crippen LogP contribution in [0.5, 0.6) is 5.75 Å². The van der Waals surface area contributed by atoms with Gasteiger partial charge in [-0.05, 0) is 50.1 Å². The summed E-state index contributed by atoms with van der Waals surface area (Å²) in [6.07, 6.45) is -5.36. The molecule has 1 aliphatic carbocycles. The first-order chi connectivity index (χ1) is 9.86. The van der Waals surface area contributed by atoms with Gasteiger partial charge in [-0.25, -0.2) is 0 Å². The van der Waals surface area contributed by atoms with Gasteiger partial charge in [0.25, 0.3) is 0 Å². The van der Waals surface area contributed by atoms with E-state index in [9.17, 15) is 13.2 Å². The average Bonchev–Trinajstić information content (AvgIpc) is 2.45. The van der Waals surface area contributed by atoms with Gasteiger partial charge in [0.15, 0.2) is 6.10 Å². The van der Waals surface area contributed by atoms with Crippen molar-refractivity contribution >= 4 is 0 Å². The third-order valence-electron chi connectivity index (χ3n) is 3.91. The fourth-order valence-electron chi connectivity index (χ4n) is 2.71. The number of rotatable bonds is 4. The second-order valence-corrected chi connectivity index (χ2v) is 5.23. The van der Waals surface area contributed by atoms with Crippen LogP contribution in [0.25, 0.3) is 0 Å². The van der Waals surface area contributed by atoms with Crippen LogP contribution in [0.15, 0.2) is 18.2 Å². The van der Waals surface area contributed by atoms with Gasteiger partial charge in [-0.3, -0.25) is 0 Å². The van der Waals surface area contributed by atoms with Crippen LogP contribution in [0.1, 0.15) is 30.5 Å². The lowest BCUT2D eigenvalue weighted by molar-refractivity contribution is -0.230. The molecule has 21 heavy (non-hydrogen) atoms. The maximum absolute atomic E-state index is 12.7. The number of alkyl halides is 3. The Kier molecular flexibility index (Phi) is 4.78. The van der Waals surface area contributed by atoms with Crippen molar-refractivity contribution in [1.29, 1.82) is 0 Å². The van der Waals surface area contributed by atoms with Crippen LogP contribution in [0.2, 0.25) is 0 Å².